The van der Waals surface area contributed by atoms with E-state index in [1.165, 1.54) is 11.8 Å². The van der Waals surface area contributed by atoms with Crippen LogP contribution in [0.2, 0.25) is 5.02 Å². The number of halogens is 1. The summed E-state index contributed by atoms with van der Waals surface area (Å²) in [5.41, 5.74) is 5.52. The van der Waals surface area contributed by atoms with Gasteiger partial charge in [0.1, 0.15) is 0 Å². The lowest BCUT2D eigenvalue weighted by Crippen LogP contribution is -2.20. The number of rotatable bonds is 10. The van der Waals surface area contributed by atoms with Gasteiger partial charge in [-0.15, -0.1) is 16.8 Å². The molecule has 0 saturated carbocycles. The molecule has 3 aromatic rings. The molecule has 7 nitrogen and oxygen atoms in total. The molecule has 0 atom stereocenters. The van der Waals surface area contributed by atoms with Crippen molar-refractivity contribution in [1.82, 2.24) is 20.2 Å². The molecule has 0 aliphatic rings. The molecular formula is C22H23ClN6OS. The second kappa shape index (κ2) is 11.3. The van der Waals surface area contributed by atoms with Crippen molar-refractivity contribution in [1.29, 1.82) is 0 Å². The highest BCUT2D eigenvalue weighted by Crippen LogP contribution is 2.19. The Morgan fingerprint density at radius 3 is 2.74 bits per heavy atom. The average molecular weight is 455 g/mol. The number of hydrogen-bond acceptors (Lipinski definition) is 6. The van der Waals surface area contributed by atoms with Crippen molar-refractivity contribution in [2.24, 2.45) is 5.10 Å². The SMILES string of the molecule is C=CCn1c(CNc2ccc(Cl)cc2)nnc1SCC(=O)NN=Cc1ccccc1C. The molecule has 0 fully saturated rings. The summed E-state index contributed by atoms with van der Waals surface area (Å²) in [5.74, 6) is 0.699. The molecule has 1 heterocycles. The maximum Gasteiger partial charge on any atom is 0.250 e. The fourth-order valence-electron chi connectivity index (χ4n) is 2.69. The number of aryl methyl sites for hydroxylation is 1. The van der Waals surface area contributed by atoms with Crippen LogP contribution >= 0.6 is 23.4 Å². The first-order valence-electron chi connectivity index (χ1n) is 9.59. The zero-order chi connectivity index (χ0) is 22.1. The van der Waals surface area contributed by atoms with E-state index in [1.807, 2.05) is 60.0 Å². The number of anilines is 1. The Bertz CT molecular complexity index is 1060. The van der Waals surface area contributed by atoms with Gasteiger partial charge >= 0.3 is 0 Å². The smallest absolute Gasteiger partial charge is 0.250 e. The Morgan fingerprint density at radius 1 is 1.23 bits per heavy atom. The zero-order valence-electron chi connectivity index (χ0n) is 17.1. The molecule has 0 aliphatic heterocycles. The largest absolute Gasteiger partial charge is 0.378 e. The van der Waals surface area contributed by atoms with E-state index in [-0.39, 0.29) is 11.7 Å². The van der Waals surface area contributed by atoms with Crippen LogP contribution in [0.25, 0.3) is 0 Å². The van der Waals surface area contributed by atoms with E-state index in [2.05, 4.69) is 32.6 Å². The van der Waals surface area contributed by atoms with Gasteiger partial charge in [-0.05, 0) is 42.3 Å². The van der Waals surface area contributed by atoms with Crippen molar-refractivity contribution < 1.29 is 4.79 Å². The van der Waals surface area contributed by atoms with E-state index in [0.717, 1.165) is 22.6 Å². The number of benzene rings is 2. The van der Waals surface area contributed by atoms with E-state index in [1.54, 1.807) is 12.3 Å². The fraction of sp³-hybridized carbons (Fsp3) is 0.182. The van der Waals surface area contributed by atoms with Gasteiger partial charge in [-0.2, -0.15) is 5.10 Å². The quantitative estimate of drug-likeness (QED) is 0.207. The Labute approximate surface area is 190 Å². The average Bonchev–Trinajstić information content (AvgIpc) is 3.15. The number of carbonyl (C=O) groups is 1. The molecule has 0 unspecified atom stereocenters. The highest BCUT2D eigenvalue weighted by molar-refractivity contribution is 7.99. The van der Waals surface area contributed by atoms with Crippen LogP contribution in [0.3, 0.4) is 0 Å². The summed E-state index contributed by atoms with van der Waals surface area (Å²) in [6.45, 7) is 6.81. The van der Waals surface area contributed by atoms with Gasteiger partial charge in [0.25, 0.3) is 5.91 Å². The number of hydrogen-bond donors (Lipinski definition) is 2. The van der Waals surface area contributed by atoms with Gasteiger partial charge in [0, 0.05) is 17.3 Å². The van der Waals surface area contributed by atoms with E-state index >= 15 is 0 Å². The number of thioether (sulfide) groups is 1. The summed E-state index contributed by atoms with van der Waals surface area (Å²) < 4.78 is 1.92. The Balaban J connectivity index is 1.55. The molecule has 0 bridgehead atoms. The molecule has 31 heavy (non-hydrogen) atoms. The number of nitrogens with one attached hydrogen (secondary N) is 2. The summed E-state index contributed by atoms with van der Waals surface area (Å²) in [5, 5.41) is 17.1. The fourth-order valence-corrected chi connectivity index (χ4v) is 3.57. The van der Waals surface area contributed by atoms with Gasteiger partial charge in [-0.25, -0.2) is 5.43 Å². The second-order valence-electron chi connectivity index (χ2n) is 6.60. The molecule has 0 saturated heterocycles. The van der Waals surface area contributed by atoms with Crippen LogP contribution in [0.5, 0.6) is 0 Å². The van der Waals surface area contributed by atoms with Gasteiger partial charge in [0.05, 0.1) is 18.5 Å². The first-order chi connectivity index (χ1) is 15.1. The predicted octanol–water partition coefficient (Wildman–Crippen LogP) is 4.28. The van der Waals surface area contributed by atoms with Crippen molar-refractivity contribution in [2.75, 3.05) is 11.1 Å². The van der Waals surface area contributed by atoms with Gasteiger partial charge in [-0.1, -0.05) is 53.7 Å². The normalized spacial score (nSPS) is 10.9. The molecule has 1 amide bonds. The highest BCUT2D eigenvalue weighted by atomic mass is 35.5. The van der Waals surface area contributed by atoms with Gasteiger partial charge in [-0.3, -0.25) is 4.79 Å². The third-order valence-corrected chi connectivity index (χ3v) is 5.53. The summed E-state index contributed by atoms with van der Waals surface area (Å²) >= 11 is 7.22. The topological polar surface area (TPSA) is 84.2 Å². The van der Waals surface area contributed by atoms with Crippen LogP contribution in [-0.4, -0.2) is 32.6 Å². The lowest BCUT2D eigenvalue weighted by molar-refractivity contribution is -0.118. The van der Waals surface area contributed by atoms with E-state index in [4.69, 9.17) is 11.6 Å². The van der Waals surface area contributed by atoms with Crippen LogP contribution < -0.4 is 10.7 Å². The number of hydrazone groups is 1. The number of aromatic nitrogens is 3. The lowest BCUT2D eigenvalue weighted by Gasteiger charge is -2.09. The van der Waals surface area contributed by atoms with E-state index in [9.17, 15) is 4.79 Å². The monoisotopic (exact) mass is 454 g/mol. The van der Waals surface area contributed by atoms with E-state index < -0.39 is 0 Å². The van der Waals surface area contributed by atoms with Gasteiger partial charge in [0.15, 0.2) is 11.0 Å². The van der Waals surface area contributed by atoms with Gasteiger partial charge in [0.2, 0.25) is 0 Å². The maximum absolute atomic E-state index is 12.2. The van der Waals surface area contributed by atoms with E-state index in [0.29, 0.717) is 23.3 Å². The minimum Gasteiger partial charge on any atom is -0.378 e. The second-order valence-corrected chi connectivity index (χ2v) is 7.98. The summed E-state index contributed by atoms with van der Waals surface area (Å²) in [4.78, 5) is 12.2. The third kappa shape index (κ3) is 6.70. The van der Waals surface area contributed by atoms with Crippen LogP contribution in [0.15, 0.2) is 71.4 Å². The van der Waals surface area contributed by atoms with Crippen molar-refractivity contribution in [3.8, 4) is 0 Å². The van der Waals surface area contributed by atoms with Crippen molar-refractivity contribution in [3.05, 3.63) is 83.2 Å². The van der Waals surface area contributed by atoms with Crippen molar-refractivity contribution in [3.63, 3.8) is 0 Å². The Morgan fingerprint density at radius 2 is 2.00 bits per heavy atom. The molecule has 2 N–H and O–H groups in total. The highest BCUT2D eigenvalue weighted by Gasteiger charge is 2.13. The summed E-state index contributed by atoms with van der Waals surface area (Å²) in [7, 11) is 0. The van der Waals surface area contributed by atoms with Crippen LogP contribution in [0.1, 0.15) is 17.0 Å². The number of amides is 1. The van der Waals surface area contributed by atoms with Crippen molar-refractivity contribution in [2.45, 2.75) is 25.2 Å². The molecule has 0 spiro atoms. The summed E-state index contributed by atoms with van der Waals surface area (Å²) in [6, 6.07) is 15.3. The van der Waals surface area contributed by atoms with Crippen molar-refractivity contribution >= 4 is 41.2 Å². The van der Waals surface area contributed by atoms with Crippen LogP contribution in [0.4, 0.5) is 5.69 Å². The molecule has 3 rings (SSSR count). The summed E-state index contributed by atoms with van der Waals surface area (Å²) in [6.07, 6.45) is 3.41. The molecule has 0 radical (unpaired) electrons. The minimum atomic E-state index is -0.219. The molecular weight excluding hydrogens is 432 g/mol. The maximum atomic E-state index is 12.2. The number of carbonyl (C=O) groups excluding carboxylic acids is 1. The molecule has 2 aromatic carbocycles. The lowest BCUT2D eigenvalue weighted by atomic mass is 10.1. The molecule has 0 aliphatic carbocycles. The molecule has 9 heteroatoms. The third-order valence-electron chi connectivity index (χ3n) is 4.31. The standard InChI is InChI=1S/C22H23ClN6OS/c1-3-12-29-20(14-24-19-10-8-18(23)9-11-19)26-28-22(29)31-15-21(30)27-25-13-17-7-5-4-6-16(17)2/h3-11,13,24H,1,12,14-15H2,2H3,(H,27,30). The molecule has 160 valence electrons. The number of allylic oxidation sites excluding steroid dienone is 1. The minimum absolute atomic E-state index is 0.172. The Kier molecular flexibility index (Phi) is 8.26. The Hall–Kier alpha value is -3.10. The predicted molar refractivity (Wildman–Crippen MR) is 127 cm³/mol. The molecule has 1 aromatic heterocycles. The van der Waals surface area contributed by atoms with Crippen LogP contribution in [-0.2, 0) is 17.9 Å². The van der Waals surface area contributed by atoms with Gasteiger partial charge < -0.3 is 9.88 Å². The zero-order valence-corrected chi connectivity index (χ0v) is 18.7. The number of nitrogens with zero attached hydrogens (tertiary/aromatic N) is 4. The first-order valence-corrected chi connectivity index (χ1v) is 11.0. The van der Waals surface area contributed by atoms with Crippen LogP contribution in [0, 0.1) is 6.92 Å². The first kappa shape index (κ1) is 22.6.